The van der Waals surface area contributed by atoms with E-state index >= 15 is 0 Å². The van der Waals surface area contributed by atoms with Crippen molar-refractivity contribution < 1.29 is 13.2 Å². The number of hydrogen-bond donors (Lipinski definition) is 1. The van der Waals surface area contributed by atoms with Gasteiger partial charge in [-0.2, -0.15) is 13.2 Å². The molecule has 1 atom stereocenters. The van der Waals surface area contributed by atoms with Crippen LogP contribution in [0.15, 0.2) is 48.5 Å². The smallest absolute Gasteiger partial charge is 0.378 e. The summed E-state index contributed by atoms with van der Waals surface area (Å²) in [5.74, 6) is 0. The highest BCUT2D eigenvalue weighted by atomic mass is 19.4. The molecule has 0 fully saturated rings. The number of benzene rings is 2. The average molecular weight is 291 g/mol. The Bertz CT molecular complexity index is 617. The first-order chi connectivity index (χ1) is 10.0. The van der Waals surface area contributed by atoms with E-state index in [1.165, 1.54) is 23.3 Å². The molecule has 2 aromatic carbocycles. The number of nitrogens with one attached hydrogen (secondary N) is 1. The molecule has 1 N–H and O–H groups in total. The first-order valence-corrected chi connectivity index (χ1v) is 7.05. The number of aryl methyl sites for hydroxylation is 1. The third kappa shape index (κ3) is 3.04. The van der Waals surface area contributed by atoms with Crippen molar-refractivity contribution in [3.05, 3.63) is 65.2 Å². The highest BCUT2D eigenvalue weighted by Gasteiger charge is 2.30. The van der Waals surface area contributed by atoms with Crippen LogP contribution >= 0.6 is 0 Å². The number of fused-ring (bicyclic) bond motifs is 1. The molecular formula is C17H16F3N. The first-order valence-electron chi connectivity index (χ1n) is 7.05. The minimum Gasteiger partial charge on any atom is -0.378 e. The summed E-state index contributed by atoms with van der Waals surface area (Å²) in [7, 11) is 0. The first kappa shape index (κ1) is 14.0. The maximum absolute atomic E-state index is 12.6. The Balaban J connectivity index is 1.79. The van der Waals surface area contributed by atoms with Gasteiger partial charge in [0.25, 0.3) is 0 Å². The molecule has 0 radical (unpaired) electrons. The second-order valence-corrected chi connectivity index (χ2v) is 5.36. The van der Waals surface area contributed by atoms with Gasteiger partial charge in [-0.05, 0) is 54.7 Å². The third-order valence-electron chi connectivity index (χ3n) is 3.92. The Morgan fingerprint density at radius 3 is 2.38 bits per heavy atom. The molecule has 0 bridgehead atoms. The second-order valence-electron chi connectivity index (χ2n) is 5.36. The fourth-order valence-electron chi connectivity index (χ4n) is 2.86. The molecule has 1 unspecified atom stereocenters. The number of halogens is 3. The summed E-state index contributed by atoms with van der Waals surface area (Å²) < 4.78 is 37.7. The minimum atomic E-state index is -4.28. The van der Waals surface area contributed by atoms with Gasteiger partial charge in [-0.15, -0.1) is 0 Å². The van der Waals surface area contributed by atoms with E-state index in [0.29, 0.717) is 0 Å². The fourth-order valence-corrected chi connectivity index (χ4v) is 2.86. The van der Waals surface area contributed by atoms with Crippen LogP contribution < -0.4 is 5.32 Å². The third-order valence-corrected chi connectivity index (χ3v) is 3.92. The SMILES string of the molecule is FC(F)(F)c1ccc(NC2CCCc3ccccc32)cc1. The average Bonchev–Trinajstić information content (AvgIpc) is 2.47. The van der Waals surface area contributed by atoms with E-state index in [-0.39, 0.29) is 6.04 Å². The zero-order valence-electron chi connectivity index (χ0n) is 11.5. The maximum atomic E-state index is 12.6. The van der Waals surface area contributed by atoms with Crippen LogP contribution in [0.5, 0.6) is 0 Å². The Morgan fingerprint density at radius 2 is 1.67 bits per heavy atom. The molecule has 0 spiro atoms. The second kappa shape index (κ2) is 5.43. The molecule has 0 saturated heterocycles. The molecule has 0 aromatic heterocycles. The van der Waals surface area contributed by atoms with Crippen molar-refractivity contribution in [2.75, 3.05) is 5.32 Å². The highest BCUT2D eigenvalue weighted by molar-refractivity contribution is 5.48. The molecular weight excluding hydrogens is 275 g/mol. The lowest BCUT2D eigenvalue weighted by Crippen LogP contribution is -2.17. The molecule has 4 heteroatoms. The van der Waals surface area contributed by atoms with Gasteiger partial charge in [0.1, 0.15) is 0 Å². The lowest BCUT2D eigenvalue weighted by atomic mass is 9.87. The summed E-state index contributed by atoms with van der Waals surface area (Å²) >= 11 is 0. The lowest BCUT2D eigenvalue weighted by molar-refractivity contribution is -0.137. The maximum Gasteiger partial charge on any atom is 0.416 e. The monoisotopic (exact) mass is 291 g/mol. The van der Waals surface area contributed by atoms with Crippen LogP contribution in [-0.2, 0) is 12.6 Å². The van der Waals surface area contributed by atoms with Gasteiger partial charge >= 0.3 is 6.18 Å². The van der Waals surface area contributed by atoms with Gasteiger partial charge in [-0.1, -0.05) is 24.3 Å². The van der Waals surface area contributed by atoms with Gasteiger partial charge in [0.2, 0.25) is 0 Å². The van der Waals surface area contributed by atoms with Crippen molar-refractivity contribution in [3.63, 3.8) is 0 Å². The van der Waals surface area contributed by atoms with Gasteiger partial charge in [0.15, 0.2) is 0 Å². The van der Waals surface area contributed by atoms with Crippen LogP contribution in [0, 0.1) is 0 Å². The van der Waals surface area contributed by atoms with E-state index < -0.39 is 11.7 Å². The number of rotatable bonds is 2. The van der Waals surface area contributed by atoms with E-state index in [1.807, 2.05) is 12.1 Å². The molecule has 1 aliphatic rings. The summed E-state index contributed by atoms with van der Waals surface area (Å²) in [5, 5.41) is 3.35. The van der Waals surface area contributed by atoms with Crippen LogP contribution in [-0.4, -0.2) is 0 Å². The van der Waals surface area contributed by atoms with E-state index in [4.69, 9.17) is 0 Å². The number of anilines is 1. The molecule has 21 heavy (non-hydrogen) atoms. The zero-order valence-corrected chi connectivity index (χ0v) is 11.5. The van der Waals surface area contributed by atoms with E-state index in [0.717, 1.165) is 37.1 Å². The molecule has 3 rings (SSSR count). The van der Waals surface area contributed by atoms with Crippen molar-refractivity contribution in [1.29, 1.82) is 0 Å². The standard InChI is InChI=1S/C17H16F3N/c18-17(19,20)13-8-10-14(11-9-13)21-16-7-3-5-12-4-1-2-6-15(12)16/h1-2,4,6,8-11,16,21H,3,5,7H2. The van der Waals surface area contributed by atoms with Crippen LogP contribution in [0.2, 0.25) is 0 Å². The largest absolute Gasteiger partial charge is 0.416 e. The summed E-state index contributed by atoms with van der Waals surface area (Å²) in [5.41, 5.74) is 2.69. The number of alkyl halides is 3. The van der Waals surface area contributed by atoms with E-state index in [9.17, 15) is 13.2 Å². The van der Waals surface area contributed by atoms with Gasteiger partial charge in [-0.25, -0.2) is 0 Å². The summed E-state index contributed by atoms with van der Waals surface area (Å²) in [6.07, 6.45) is -1.12. The fraction of sp³-hybridized carbons (Fsp3) is 0.294. The Labute approximate surface area is 121 Å². The molecule has 0 saturated carbocycles. The summed E-state index contributed by atoms with van der Waals surface area (Å²) in [6, 6.07) is 13.7. The van der Waals surface area contributed by atoms with Gasteiger partial charge in [-0.3, -0.25) is 0 Å². The van der Waals surface area contributed by atoms with Gasteiger partial charge in [0, 0.05) is 5.69 Å². The minimum absolute atomic E-state index is 0.173. The highest BCUT2D eigenvalue weighted by Crippen LogP contribution is 2.34. The van der Waals surface area contributed by atoms with Crippen molar-refractivity contribution in [2.45, 2.75) is 31.5 Å². The van der Waals surface area contributed by atoms with E-state index in [1.54, 1.807) is 0 Å². The summed E-state index contributed by atoms with van der Waals surface area (Å²) in [4.78, 5) is 0. The quantitative estimate of drug-likeness (QED) is 0.802. The lowest BCUT2D eigenvalue weighted by Gasteiger charge is -2.27. The van der Waals surface area contributed by atoms with Crippen molar-refractivity contribution >= 4 is 5.69 Å². The van der Waals surface area contributed by atoms with E-state index in [2.05, 4.69) is 17.4 Å². The molecule has 1 aliphatic carbocycles. The number of hydrogen-bond acceptors (Lipinski definition) is 1. The van der Waals surface area contributed by atoms with Crippen molar-refractivity contribution in [2.24, 2.45) is 0 Å². The molecule has 2 aromatic rings. The predicted molar refractivity (Wildman–Crippen MR) is 77.2 cm³/mol. The molecule has 0 heterocycles. The Morgan fingerprint density at radius 1 is 0.952 bits per heavy atom. The summed E-state index contributed by atoms with van der Waals surface area (Å²) in [6.45, 7) is 0. The van der Waals surface area contributed by atoms with Crippen molar-refractivity contribution in [3.8, 4) is 0 Å². The van der Waals surface area contributed by atoms with Gasteiger partial charge in [0.05, 0.1) is 11.6 Å². The Hall–Kier alpha value is -1.97. The molecule has 0 amide bonds. The topological polar surface area (TPSA) is 12.0 Å². The van der Waals surface area contributed by atoms with Crippen LogP contribution in [0.25, 0.3) is 0 Å². The Kier molecular flexibility index (Phi) is 3.62. The molecule has 1 nitrogen and oxygen atoms in total. The predicted octanol–water partition coefficient (Wildman–Crippen LogP) is 5.19. The van der Waals surface area contributed by atoms with Crippen LogP contribution in [0.3, 0.4) is 0 Å². The molecule has 110 valence electrons. The van der Waals surface area contributed by atoms with Gasteiger partial charge < -0.3 is 5.32 Å². The normalized spacial score (nSPS) is 18.1. The van der Waals surface area contributed by atoms with Crippen molar-refractivity contribution in [1.82, 2.24) is 0 Å². The van der Waals surface area contributed by atoms with Crippen LogP contribution in [0.1, 0.15) is 35.6 Å². The zero-order chi connectivity index (χ0) is 14.9. The molecule has 0 aliphatic heterocycles. The van der Waals surface area contributed by atoms with Crippen LogP contribution in [0.4, 0.5) is 18.9 Å².